The van der Waals surface area contributed by atoms with Gasteiger partial charge < -0.3 is 4.74 Å². The number of aromatic nitrogens is 1. The van der Waals surface area contributed by atoms with Gasteiger partial charge in [-0.3, -0.25) is 8.39 Å². The Kier molecular flexibility index (Phi) is 2.06. The van der Waals surface area contributed by atoms with Crippen molar-refractivity contribution in [2.24, 2.45) is 0 Å². The fourth-order valence-corrected chi connectivity index (χ4v) is 1.66. The second-order valence-corrected chi connectivity index (χ2v) is 3.33. The zero-order valence-electron chi connectivity index (χ0n) is 6.61. The molecule has 0 saturated carbocycles. The zero-order valence-corrected chi connectivity index (χ0v) is 8.19. The largest absolute Gasteiger partial charge is 0.429 e. The molecule has 3 nitrogen and oxygen atoms in total. The predicted molar refractivity (Wildman–Crippen MR) is 53.0 cm³/mol. The molecule has 0 spiro atoms. The molecule has 0 aliphatic carbocycles. The number of hydrogen-bond acceptors (Lipinski definition) is 2. The van der Waals surface area contributed by atoms with Gasteiger partial charge in [-0.2, -0.15) is 0 Å². The van der Waals surface area contributed by atoms with Gasteiger partial charge in [0.15, 0.2) is 0 Å². The van der Waals surface area contributed by atoms with Crippen molar-refractivity contribution < 1.29 is 9.53 Å². The highest BCUT2D eigenvalue weighted by molar-refractivity contribution is 9.08. The molecule has 0 amide bonds. The van der Waals surface area contributed by atoms with Crippen LogP contribution in [0.2, 0.25) is 0 Å². The van der Waals surface area contributed by atoms with E-state index in [0.29, 0.717) is 12.2 Å². The van der Waals surface area contributed by atoms with Crippen molar-refractivity contribution in [3.05, 3.63) is 30.5 Å². The Hall–Kier alpha value is -1.29. The highest BCUT2D eigenvalue weighted by Crippen LogP contribution is 2.22. The van der Waals surface area contributed by atoms with Crippen molar-refractivity contribution in [2.45, 2.75) is 0 Å². The molecule has 0 N–H and O–H groups in total. The summed E-state index contributed by atoms with van der Waals surface area (Å²) in [7, 11) is 0. The molecule has 0 saturated heterocycles. The first-order valence-electron chi connectivity index (χ1n) is 3.69. The maximum absolute atomic E-state index is 10.1. The number of benzene rings is 1. The lowest BCUT2D eigenvalue weighted by Gasteiger charge is -1.97. The van der Waals surface area contributed by atoms with Crippen molar-refractivity contribution >= 4 is 33.5 Å². The summed E-state index contributed by atoms with van der Waals surface area (Å²) in [5.74, 6) is 0.557. The smallest absolute Gasteiger partial charge is 0.298 e. The Labute approximate surface area is 83.2 Å². The molecule has 0 atom stereocenters. The normalized spacial score (nSPS) is 10.2. The number of carbonyl (C=O) groups excluding carboxylic acids is 1. The summed E-state index contributed by atoms with van der Waals surface area (Å²) < 4.78 is 6.54. The van der Waals surface area contributed by atoms with Crippen LogP contribution in [0.4, 0.5) is 0 Å². The molecule has 0 fully saturated rings. The Balaban J connectivity index is 2.56. The average molecular weight is 240 g/mol. The molecule has 13 heavy (non-hydrogen) atoms. The first-order valence-corrected chi connectivity index (χ1v) is 4.40. The highest BCUT2D eigenvalue weighted by Gasteiger charge is 2.00. The zero-order chi connectivity index (χ0) is 9.26. The summed E-state index contributed by atoms with van der Waals surface area (Å²) in [6, 6.07) is 7.36. The van der Waals surface area contributed by atoms with Crippen LogP contribution < -0.4 is 4.74 Å². The van der Waals surface area contributed by atoms with E-state index in [0.717, 1.165) is 10.9 Å². The summed E-state index contributed by atoms with van der Waals surface area (Å²) in [5.41, 5.74) is 1.04. The molecule has 4 heteroatoms. The molecule has 2 aromatic rings. The Morgan fingerprint density at radius 3 is 3.00 bits per heavy atom. The van der Waals surface area contributed by atoms with E-state index in [4.69, 9.17) is 4.74 Å². The molecule has 66 valence electrons. The molecular formula is C9H6BrNO2. The van der Waals surface area contributed by atoms with Gasteiger partial charge in [0.05, 0.1) is 21.7 Å². The third kappa shape index (κ3) is 1.45. The standard InChI is InChI=1S/C9H6BrNO2/c10-11-4-3-7-5-8(13-6-12)1-2-9(7)11/h1-6H. The lowest BCUT2D eigenvalue weighted by molar-refractivity contribution is -0.120. The van der Waals surface area contributed by atoms with Crippen LogP contribution in [0.25, 0.3) is 10.9 Å². The van der Waals surface area contributed by atoms with Crippen molar-refractivity contribution in [3.8, 4) is 5.75 Å². The van der Waals surface area contributed by atoms with Gasteiger partial charge in [-0.25, -0.2) is 0 Å². The first-order chi connectivity index (χ1) is 6.31. The monoisotopic (exact) mass is 239 g/mol. The van der Waals surface area contributed by atoms with E-state index < -0.39 is 0 Å². The van der Waals surface area contributed by atoms with Crippen LogP contribution in [0.15, 0.2) is 30.5 Å². The number of rotatable bonds is 2. The topological polar surface area (TPSA) is 31.2 Å². The first kappa shape index (κ1) is 8.31. The summed E-state index contributed by atoms with van der Waals surface area (Å²) in [5, 5.41) is 1.02. The second kappa shape index (κ2) is 3.22. The Morgan fingerprint density at radius 1 is 1.38 bits per heavy atom. The number of ether oxygens (including phenoxy) is 1. The molecular weight excluding hydrogens is 234 g/mol. The van der Waals surface area contributed by atoms with Crippen LogP contribution in [-0.4, -0.2) is 10.1 Å². The van der Waals surface area contributed by atoms with Crippen LogP contribution in [0.5, 0.6) is 5.75 Å². The third-order valence-electron chi connectivity index (χ3n) is 1.80. The molecule has 0 radical (unpaired) electrons. The number of nitrogens with zero attached hydrogens (tertiary/aromatic N) is 1. The summed E-state index contributed by atoms with van der Waals surface area (Å²) in [6.07, 6.45) is 1.88. The predicted octanol–water partition coefficient (Wildman–Crippen LogP) is 2.33. The maximum atomic E-state index is 10.1. The van der Waals surface area contributed by atoms with Gasteiger partial charge in [0, 0.05) is 11.6 Å². The van der Waals surface area contributed by atoms with Gasteiger partial charge in [0.1, 0.15) is 5.75 Å². The van der Waals surface area contributed by atoms with Gasteiger partial charge in [0.25, 0.3) is 6.47 Å². The van der Waals surface area contributed by atoms with Crippen LogP contribution in [0.1, 0.15) is 0 Å². The van der Waals surface area contributed by atoms with Gasteiger partial charge in [-0.1, -0.05) is 0 Å². The van der Waals surface area contributed by atoms with E-state index in [1.54, 1.807) is 6.07 Å². The minimum Gasteiger partial charge on any atom is -0.429 e. The van der Waals surface area contributed by atoms with Crippen molar-refractivity contribution in [2.75, 3.05) is 0 Å². The number of hydrogen-bond donors (Lipinski definition) is 0. The molecule has 1 aromatic carbocycles. The minimum absolute atomic E-state index is 0.423. The van der Waals surface area contributed by atoms with Crippen LogP contribution in [0, 0.1) is 0 Å². The number of halogens is 1. The van der Waals surface area contributed by atoms with Crippen molar-refractivity contribution in [3.63, 3.8) is 0 Å². The average Bonchev–Trinajstić information content (AvgIpc) is 2.48. The number of fused-ring (bicyclic) bond motifs is 1. The van der Waals surface area contributed by atoms with E-state index >= 15 is 0 Å². The molecule has 0 aliphatic rings. The summed E-state index contributed by atoms with van der Waals surface area (Å²) in [4.78, 5) is 10.1. The lowest BCUT2D eigenvalue weighted by Crippen LogP contribution is -1.87. The molecule has 0 unspecified atom stereocenters. The third-order valence-corrected chi connectivity index (χ3v) is 2.42. The van der Waals surface area contributed by atoms with E-state index in [2.05, 4.69) is 16.1 Å². The van der Waals surface area contributed by atoms with Crippen molar-refractivity contribution in [1.29, 1.82) is 0 Å². The van der Waals surface area contributed by atoms with E-state index in [-0.39, 0.29) is 0 Å². The number of carbonyl (C=O) groups is 1. The summed E-state index contributed by atoms with van der Waals surface area (Å²) >= 11 is 3.34. The molecule has 0 bridgehead atoms. The molecule has 0 aliphatic heterocycles. The second-order valence-electron chi connectivity index (χ2n) is 2.56. The molecule has 1 aromatic heterocycles. The molecule has 2 rings (SSSR count). The molecule has 1 heterocycles. The fourth-order valence-electron chi connectivity index (χ4n) is 1.22. The van der Waals surface area contributed by atoms with Gasteiger partial charge in [-0.05, 0) is 24.3 Å². The van der Waals surface area contributed by atoms with Crippen LogP contribution in [0.3, 0.4) is 0 Å². The van der Waals surface area contributed by atoms with Gasteiger partial charge in [-0.15, -0.1) is 0 Å². The fraction of sp³-hybridized carbons (Fsp3) is 0. The lowest BCUT2D eigenvalue weighted by atomic mass is 10.2. The highest BCUT2D eigenvalue weighted by atomic mass is 79.9. The van der Waals surface area contributed by atoms with Crippen molar-refractivity contribution in [1.82, 2.24) is 3.59 Å². The van der Waals surface area contributed by atoms with Crippen LogP contribution in [-0.2, 0) is 4.79 Å². The van der Waals surface area contributed by atoms with Crippen LogP contribution >= 0.6 is 16.1 Å². The SMILES string of the molecule is O=COc1ccc2c(ccn2Br)c1. The van der Waals surface area contributed by atoms with E-state index in [1.807, 2.05) is 28.0 Å². The van der Waals surface area contributed by atoms with E-state index in [9.17, 15) is 4.79 Å². The van der Waals surface area contributed by atoms with Gasteiger partial charge >= 0.3 is 0 Å². The Morgan fingerprint density at radius 2 is 2.23 bits per heavy atom. The summed E-state index contributed by atoms with van der Waals surface area (Å²) in [6.45, 7) is 0.423. The van der Waals surface area contributed by atoms with Gasteiger partial charge in [0.2, 0.25) is 0 Å². The Bertz CT molecular complexity index is 450. The van der Waals surface area contributed by atoms with E-state index in [1.165, 1.54) is 0 Å². The quantitative estimate of drug-likeness (QED) is 0.754. The maximum Gasteiger partial charge on any atom is 0.298 e. The minimum atomic E-state index is 0.423.